The van der Waals surface area contributed by atoms with Crippen molar-refractivity contribution in [3.63, 3.8) is 0 Å². The number of carbonyl (C=O) groups is 1. The van der Waals surface area contributed by atoms with Crippen LogP contribution in [0, 0.1) is 6.92 Å². The van der Waals surface area contributed by atoms with Gasteiger partial charge in [-0.3, -0.25) is 4.57 Å². The van der Waals surface area contributed by atoms with Gasteiger partial charge in [-0.05, 0) is 25.0 Å². The maximum Gasteiger partial charge on any atom is 0.418 e. The first-order valence-electron chi connectivity index (χ1n) is 5.83. The maximum atomic E-state index is 11.9. The van der Waals surface area contributed by atoms with Crippen molar-refractivity contribution in [3.05, 3.63) is 42.9 Å². The lowest BCUT2D eigenvalue weighted by Gasteiger charge is -2.05. The second kappa shape index (κ2) is 5.04. The first-order chi connectivity index (χ1) is 8.24. The Morgan fingerprint density at radius 1 is 1.41 bits per heavy atom. The number of aromatic nitrogens is 1. The minimum absolute atomic E-state index is 0.329. The van der Waals surface area contributed by atoms with E-state index in [1.807, 2.05) is 24.3 Å². The van der Waals surface area contributed by atoms with Crippen LogP contribution < -0.4 is 0 Å². The molecule has 2 aromatic rings. The summed E-state index contributed by atoms with van der Waals surface area (Å²) < 4.78 is 6.71. The molecule has 1 aromatic carbocycles. The Labute approximate surface area is 101 Å². The lowest BCUT2D eigenvalue weighted by atomic mass is 10.2. The number of ether oxygens (including phenoxy) is 1. The molecule has 2 rings (SSSR count). The van der Waals surface area contributed by atoms with Gasteiger partial charge in [0.15, 0.2) is 0 Å². The van der Waals surface area contributed by atoms with E-state index in [2.05, 4.69) is 13.8 Å². The summed E-state index contributed by atoms with van der Waals surface area (Å²) in [4.78, 5) is 11.9. The van der Waals surface area contributed by atoms with Crippen molar-refractivity contribution in [2.24, 2.45) is 0 Å². The van der Waals surface area contributed by atoms with Crippen LogP contribution in [0.15, 0.2) is 30.5 Å². The minimum atomic E-state index is -0.329. The van der Waals surface area contributed by atoms with Crippen molar-refractivity contribution >= 4 is 17.0 Å². The standard InChI is InChI=1S/C14H16NO2/c1-3-4-9-17-14(16)15-10-11(2)12-7-5-6-8-13(12)15/h5-8,10H,2-4,9H2,1H3. The zero-order chi connectivity index (χ0) is 12.3. The van der Waals surface area contributed by atoms with Crippen LogP contribution in [0.1, 0.15) is 25.3 Å². The van der Waals surface area contributed by atoms with Gasteiger partial charge >= 0.3 is 6.09 Å². The summed E-state index contributed by atoms with van der Waals surface area (Å²) in [6.45, 7) is 6.45. The van der Waals surface area contributed by atoms with Crippen molar-refractivity contribution in [1.82, 2.24) is 4.57 Å². The van der Waals surface area contributed by atoms with Gasteiger partial charge < -0.3 is 4.74 Å². The van der Waals surface area contributed by atoms with Crippen molar-refractivity contribution < 1.29 is 9.53 Å². The number of unbranched alkanes of at least 4 members (excludes halogenated alkanes) is 1. The van der Waals surface area contributed by atoms with Crippen LogP contribution in [0.25, 0.3) is 10.9 Å². The van der Waals surface area contributed by atoms with Crippen LogP contribution in [0.3, 0.4) is 0 Å². The molecule has 3 nitrogen and oxygen atoms in total. The fourth-order valence-electron chi connectivity index (χ4n) is 1.77. The molecule has 0 N–H and O–H groups in total. The fraction of sp³-hybridized carbons (Fsp3) is 0.286. The molecule has 0 aliphatic carbocycles. The van der Waals surface area contributed by atoms with E-state index in [9.17, 15) is 4.79 Å². The summed E-state index contributed by atoms with van der Waals surface area (Å²) in [5.41, 5.74) is 1.69. The lowest BCUT2D eigenvalue weighted by molar-refractivity contribution is 0.147. The van der Waals surface area contributed by atoms with Crippen molar-refractivity contribution in [1.29, 1.82) is 0 Å². The maximum absolute atomic E-state index is 11.9. The average molecular weight is 230 g/mol. The SMILES string of the molecule is [CH2]c1cn(C(=O)OCCCC)c2ccccc12. The summed E-state index contributed by atoms with van der Waals surface area (Å²) >= 11 is 0. The van der Waals surface area contributed by atoms with E-state index < -0.39 is 0 Å². The van der Waals surface area contributed by atoms with Gasteiger partial charge in [0, 0.05) is 11.6 Å². The van der Waals surface area contributed by atoms with Crippen LogP contribution in [0.2, 0.25) is 0 Å². The van der Waals surface area contributed by atoms with E-state index in [0.717, 1.165) is 29.3 Å². The molecule has 0 saturated carbocycles. The first kappa shape index (κ1) is 11.7. The van der Waals surface area contributed by atoms with Gasteiger partial charge in [0.1, 0.15) is 0 Å². The average Bonchev–Trinajstić information content (AvgIpc) is 2.68. The number of rotatable bonds is 3. The summed E-state index contributed by atoms with van der Waals surface area (Å²) in [7, 11) is 0. The highest BCUT2D eigenvalue weighted by Crippen LogP contribution is 2.20. The molecule has 0 bridgehead atoms. The van der Waals surface area contributed by atoms with Gasteiger partial charge in [0.05, 0.1) is 12.1 Å². The minimum Gasteiger partial charge on any atom is -0.449 e. The number of fused-ring (bicyclic) bond motifs is 1. The monoisotopic (exact) mass is 230 g/mol. The summed E-state index contributed by atoms with van der Waals surface area (Å²) in [6, 6.07) is 7.68. The predicted octanol–water partition coefficient (Wildman–Crippen LogP) is 3.61. The number of benzene rings is 1. The fourth-order valence-corrected chi connectivity index (χ4v) is 1.77. The second-order valence-electron chi connectivity index (χ2n) is 4.01. The summed E-state index contributed by atoms with van der Waals surface area (Å²) in [6.07, 6.45) is 3.30. The molecule has 1 aromatic heterocycles. The smallest absolute Gasteiger partial charge is 0.418 e. The third-order valence-electron chi connectivity index (χ3n) is 2.71. The molecule has 0 amide bonds. The molecule has 0 unspecified atom stereocenters. The highest BCUT2D eigenvalue weighted by atomic mass is 16.5. The molecule has 17 heavy (non-hydrogen) atoms. The molecule has 0 spiro atoms. The van der Waals surface area contributed by atoms with E-state index in [1.165, 1.54) is 4.57 Å². The molecule has 89 valence electrons. The highest BCUT2D eigenvalue weighted by molar-refractivity contribution is 5.92. The molecule has 1 heterocycles. The molecular weight excluding hydrogens is 214 g/mol. The Morgan fingerprint density at radius 2 is 2.18 bits per heavy atom. The zero-order valence-corrected chi connectivity index (χ0v) is 9.98. The van der Waals surface area contributed by atoms with Gasteiger partial charge in [-0.1, -0.05) is 31.5 Å². The van der Waals surface area contributed by atoms with Crippen LogP contribution in [0.4, 0.5) is 4.79 Å². The molecule has 0 saturated heterocycles. The molecular formula is C14H16NO2. The Hall–Kier alpha value is -1.77. The number of nitrogens with zero attached hydrogens (tertiary/aromatic N) is 1. The third-order valence-corrected chi connectivity index (χ3v) is 2.71. The number of para-hydroxylation sites is 1. The predicted molar refractivity (Wildman–Crippen MR) is 68.1 cm³/mol. The van der Waals surface area contributed by atoms with Crippen LogP contribution >= 0.6 is 0 Å². The third kappa shape index (κ3) is 2.33. The van der Waals surface area contributed by atoms with E-state index in [1.54, 1.807) is 6.20 Å². The first-order valence-corrected chi connectivity index (χ1v) is 5.83. The summed E-state index contributed by atoms with van der Waals surface area (Å²) in [5, 5.41) is 0.986. The van der Waals surface area contributed by atoms with Crippen molar-refractivity contribution in [2.75, 3.05) is 6.61 Å². The van der Waals surface area contributed by atoms with Crippen LogP contribution in [-0.4, -0.2) is 17.3 Å². The Kier molecular flexibility index (Phi) is 3.47. The van der Waals surface area contributed by atoms with Crippen LogP contribution in [-0.2, 0) is 4.74 Å². The second-order valence-corrected chi connectivity index (χ2v) is 4.01. The zero-order valence-electron chi connectivity index (χ0n) is 9.98. The largest absolute Gasteiger partial charge is 0.449 e. The molecule has 0 fully saturated rings. The van der Waals surface area contributed by atoms with E-state index in [-0.39, 0.29) is 6.09 Å². The molecule has 0 aliphatic rings. The van der Waals surface area contributed by atoms with Gasteiger partial charge in [-0.25, -0.2) is 4.79 Å². The van der Waals surface area contributed by atoms with Gasteiger partial charge in [-0.2, -0.15) is 0 Å². The van der Waals surface area contributed by atoms with Crippen molar-refractivity contribution in [3.8, 4) is 0 Å². The molecule has 0 aliphatic heterocycles. The van der Waals surface area contributed by atoms with E-state index in [0.29, 0.717) is 6.61 Å². The molecule has 0 atom stereocenters. The lowest BCUT2D eigenvalue weighted by Crippen LogP contribution is -2.13. The molecule has 1 radical (unpaired) electrons. The van der Waals surface area contributed by atoms with E-state index >= 15 is 0 Å². The Bertz CT molecular complexity index is 528. The van der Waals surface area contributed by atoms with Gasteiger partial charge in [-0.15, -0.1) is 0 Å². The number of hydrogen-bond acceptors (Lipinski definition) is 2. The van der Waals surface area contributed by atoms with Crippen LogP contribution in [0.5, 0.6) is 0 Å². The quantitative estimate of drug-likeness (QED) is 0.754. The number of hydrogen-bond donors (Lipinski definition) is 0. The highest BCUT2D eigenvalue weighted by Gasteiger charge is 2.11. The molecule has 3 heteroatoms. The normalized spacial score (nSPS) is 10.7. The van der Waals surface area contributed by atoms with Gasteiger partial charge in [0.2, 0.25) is 0 Å². The van der Waals surface area contributed by atoms with Gasteiger partial charge in [0.25, 0.3) is 0 Å². The Morgan fingerprint density at radius 3 is 2.94 bits per heavy atom. The summed E-state index contributed by atoms with van der Waals surface area (Å²) in [5.74, 6) is 0. The van der Waals surface area contributed by atoms with E-state index in [4.69, 9.17) is 4.74 Å². The number of carbonyl (C=O) groups excluding carboxylic acids is 1. The Balaban J connectivity index is 2.26. The topological polar surface area (TPSA) is 31.2 Å². The van der Waals surface area contributed by atoms with Crippen molar-refractivity contribution in [2.45, 2.75) is 19.8 Å².